The van der Waals surface area contributed by atoms with E-state index in [2.05, 4.69) is 5.32 Å². The third-order valence-electron chi connectivity index (χ3n) is 19.6. The third kappa shape index (κ3) is 24.1. The van der Waals surface area contributed by atoms with Crippen LogP contribution in [0.25, 0.3) is 0 Å². The Balaban J connectivity index is 3.02. The normalized spacial score (nSPS) is 28.2. The molecule has 0 bridgehead atoms. The van der Waals surface area contributed by atoms with E-state index in [9.17, 15) is 32.7 Å². The van der Waals surface area contributed by atoms with E-state index in [0.717, 1.165) is 9.80 Å². The molecule has 2 saturated heterocycles. The summed E-state index contributed by atoms with van der Waals surface area (Å²) < 4.78 is 30.4. The summed E-state index contributed by atoms with van der Waals surface area (Å²) in [5, 5.41) is 15.0. The Morgan fingerprint density at radius 1 is 0.531 bits per heavy atom. The zero-order valence-electron chi connectivity index (χ0n) is 62.9. The van der Waals surface area contributed by atoms with Gasteiger partial charge in [0, 0.05) is 112 Å². The number of sulfone groups is 1. The van der Waals surface area contributed by atoms with E-state index in [1.807, 2.05) is 46.4 Å². The number of hydrogen-bond donors (Lipinski definition) is 2. The van der Waals surface area contributed by atoms with E-state index in [0.29, 0.717) is 26.1 Å². The number of aliphatic hydroxyl groups excluding tert-OH is 1. The van der Waals surface area contributed by atoms with Gasteiger partial charge in [0.15, 0.2) is 21.4 Å². The van der Waals surface area contributed by atoms with Gasteiger partial charge in [0.2, 0.25) is 47.3 Å². The summed E-state index contributed by atoms with van der Waals surface area (Å²) in [6.45, 7) is 31.1. The Bertz CT molecular complexity index is 2780. The number of allylic oxidation sites excluding steroid dienone is 2. The largest absolute Gasteiger partial charge is 0.390 e. The van der Waals surface area contributed by atoms with Crippen LogP contribution in [0, 0.1) is 59.2 Å². The number of likely N-dealkylation sites (N-methyl/N-ethyl adjacent to an activating group) is 7. The summed E-state index contributed by atoms with van der Waals surface area (Å²) in [4.78, 5) is 175. The molecule has 2 aliphatic heterocycles. The van der Waals surface area contributed by atoms with Crippen molar-refractivity contribution >= 4 is 74.4 Å². The first kappa shape index (κ1) is 86.4. The first-order chi connectivity index (χ1) is 44.4. The molecule has 0 aromatic heterocycles. The summed E-state index contributed by atoms with van der Waals surface area (Å²) in [5.41, 5.74) is 0. The number of aliphatic hydroxyl groups is 1. The lowest BCUT2D eigenvalue weighted by Crippen LogP contribution is -2.63. The van der Waals surface area contributed by atoms with Crippen LogP contribution in [-0.2, 0) is 67.3 Å². The van der Waals surface area contributed by atoms with Gasteiger partial charge in [-0.15, -0.1) is 0 Å². The second kappa shape index (κ2) is 39.2. The summed E-state index contributed by atoms with van der Waals surface area (Å²) in [6, 6.07) is -10.0. The first-order valence-corrected chi connectivity index (χ1v) is 36.8. The van der Waals surface area contributed by atoms with Crippen LogP contribution in [0.15, 0.2) is 12.2 Å². The minimum Gasteiger partial charge on any atom is -0.390 e. The fraction of sp³-hybridized carbons (Fsp3) is 0.817. The van der Waals surface area contributed by atoms with Crippen molar-refractivity contribution in [2.24, 2.45) is 59.2 Å². The van der Waals surface area contributed by atoms with Gasteiger partial charge in [-0.3, -0.25) is 57.6 Å². The van der Waals surface area contributed by atoms with Crippen molar-refractivity contribution < 1.29 is 71.0 Å². The summed E-state index contributed by atoms with van der Waals surface area (Å²) in [6.07, 6.45) is 1.96. The first-order valence-electron chi connectivity index (χ1n) is 35.0. The second-order valence-electron chi connectivity index (χ2n) is 29.8. The van der Waals surface area contributed by atoms with Gasteiger partial charge in [-0.2, -0.15) is 0 Å². The van der Waals surface area contributed by atoms with Gasteiger partial charge in [-0.05, 0) is 81.5 Å². The molecule has 0 spiro atoms. The highest BCUT2D eigenvalue weighted by molar-refractivity contribution is 7.91. The molecule has 0 saturated carbocycles. The number of nitrogens with one attached hydrogen (secondary N) is 1. The van der Waals surface area contributed by atoms with Gasteiger partial charge < -0.3 is 49.5 Å². The maximum atomic E-state index is 15.3. The molecule has 0 radical (unpaired) electrons. The molecule has 0 aromatic rings. The Morgan fingerprint density at radius 2 is 1.00 bits per heavy atom. The van der Waals surface area contributed by atoms with Crippen molar-refractivity contribution in [1.29, 1.82) is 0 Å². The number of rotatable bonds is 19. The lowest BCUT2D eigenvalue weighted by Gasteiger charge is -2.41. The Kier molecular flexibility index (Phi) is 35.3. The minimum absolute atomic E-state index is 0.0147. The summed E-state index contributed by atoms with van der Waals surface area (Å²) in [7, 11) is 6.94. The van der Waals surface area contributed by atoms with E-state index >= 15 is 33.6 Å². The number of ketones is 3. The molecule has 0 unspecified atom stereocenters. The third-order valence-corrected chi connectivity index (χ3v) is 21.3. The summed E-state index contributed by atoms with van der Waals surface area (Å²) >= 11 is 0. The van der Waals surface area contributed by atoms with Crippen molar-refractivity contribution in [3.63, 3.8) is 0 Å². The van der Waals surface area contributed by atoms with Crippen molar-refractivity contribution in [2.45, 2.75) is 224 Å². The molecule has 550 valence electrons. The Morgan fingerprint density at radius 3 is 1.49 bits per heavy atom. The van der Waals surface area contributed by atoms with Gasteiger partial charge in [0.05, 0.1) is 42.9 Å². The van der Waals surface area contributed by atoms with E-state index in [4.69, 9.17) is 4.74 Å². The van der Waals surface area contributed by atoms with Crippen LogP contribution >= 0.6 is 0 Å². The highest BCUT2D eigenvalue weighted by Gasteiger charge is 2.47. The molecule has 8 amide bonds. The highest BCUT2D eigenvalue weighted by atomic mass is 32.2. The molecule has 24 nitrogen and oxygen atoms in total. The van der Waals surface area contributed by atoms with Crippen LogP contribution in [0.3, 0.4) is 0 Å². The Hall–Kier alpha value is -5.66. The molecule has 2 aliphatic rings. The molecule has 96 heavy (non-hydrogen) atoms. The smallest absolute Gasteiger partial charge is 0.246 e. The van der Waals surface area contributed by atoms with Crippen LogP contribution in [0.4, 0.5) is 0 Å². The zero-order chi connectivity index (χ0) is 73.9. The summed E-state index contributed by atoms with van der Waals surface area (Å²) in [5.74, 6) is -12.1. The van der Waals surface area contributed by atoms with Crippen molar-refractivity contribution in [3.05, 3.63) is 12.2 Å². The van der Waals surface area contributed by atoms with Crippen molar-refractivity contribution in [1.82, 2.24) is 44.5 Å². The molecule has 2 heterocycles. The number of ether oxygens (including phenoxy) is 1. The van der Waals surface area contributed by atoms with Gasteiger partial charge in [0.1, 0.15) is 42.0 Å². The fourth-order valence-electron chi connectivity index (χ4n) is 13.1. The fourth-order valence-corrected chi connectivity index (χ4v) is 14.4. The number of hydrogen-bond acceptors (Lipinski definition) is 16. The molecular weight excluding hydrogens is 1250 g/mol. The average Bonchev–Trinajstić information content (AvgIpc) is 0.809. The maximum Gasteiger partial charge on any atom is 0.246 e. The van der Waals surface area contributed by atoms with Crippen LogP contribution in [0.2, 0.25) is 0 Å². The van der Waals surface area contributed by atoms with Crippen LogP contribution < -0.4 is 5.32 Å². The Labute approximate surface area is 576 Å². The van der Waals surface area contributed by atoms with E-state index < -0.39 is 165 Å². The molecule has 2 rings (SSSR count). The lowest BCUT2D eigenvalue weighted by molar-refractivity contribution is -0.157. The van der Waals surface area contributed by atoms with Crippen LogP contribution in [0.1, 0.15) is 169 Å². The quantitative estimate of drug-likeness (QED) is 0.123. The van der Waals surface area contributed by atoms with Gasteiger partial charge >= 0.3 is 0 Å². The maximum absolute atomic E-state index is 15.3. The molecule has 2 fully saturated rings. The number of nitrogens with zero attached hydrogens (tertiary/aromatic N) is 8. The number of carbonyl (C=O) groups is 11. The van der Waals surface area contributed by atoms with Crippen molar-refractivity contribution in [3.8, 4) is 0 Å². The zero-order valence-corrected chi connectivity index (χ0v) is 63.7. The van der Waals surface area contributed by atoms with Gasteiger partial charge in [0.25, 0.3) is 0 Å². The SMILES string of the molecule is C/C=C/C[C@@H](C)[C@@H](O)[C@H]1C(=O)N[C@@H](CC)C(=O)N(C)[C@H](C)C(=O)N(C)[C@@H]([C@H](C)COCCN2CCS(=O)(=O)CC2)C(=O)C[C@@H](C(C)C)C(=O)N(C)[C@@H](CC(C)C)C(=O)C[C@@H](C)C(=O)C[C@H](C)C(=O)N(C)[C@@H](CC(C)C)C(=O)N(C)[C@@H](CC(C)C)C(=O)N(C)[C@@H](C(C)C)C(=O)N1C. The topological polar surface area (TPSA) is 289 Å². The molecular formula is C71H125N9O15S. The second-order valence-corrected chi connectivity index (χ2v) is 32.1. The lowest BCUT2D eigenvalue weighted by atomic mass is 9.83. The minimum atomic E-state index is -3.14. The highest BCUT2D eigenvalue weighted by Crippen LogP contribution is 2.30. The number of carbonyl (C=O) groups excluding carboxylic acids is 11. The van der Waals surface area contributed by atoms with Crippen LogP contribution in [-0.4, -0.2) is 265 Å². The van der Waals surface area contributed by atoms with Crippen molar-refractivity contribution in [2.75, 3.05) is 93.7 Å². The monoisotopic (exact) mass is 1380 g/mol. The predicted molar refractivity (Wildman–Crippen MR) is 372 cm³/mol. The standard InChI is InChI=1S/C71H125N9O15S/c1-25-27-28-47(13)63(84)62-64(85)72-53(26-2)68(89)73(18)51(17)66(87)78(23)61(50(16)41-95-32-29-80-30-33-96(93,94)34-31-80)59(83)40-52(45(9)10)67(88)74(19)54(35-42(3)4)58(82)38-48(14)57(81)39-49(15)65(86)75(20)55(36-43(5)6)69(90)76(21)56(37-44(7)8)70(91)77(22)60(46(11)12)71(92)79(62)24/h25,27,42-56,60-63,84H,26,28-41H2,1-24H3,(H,72,85)/b27-25+/t47-,48-,49+,50-,51-,52+,53+,54+,55+,56+,60+,61+,62+,63-/m1/s1. The number of Topliss-reactive ketones (excluding diaryl/α,β-unsaturated/α-hetero) is 3. The van der Waals surface area contributed by atoms with Gasteiger partial charge in [-0.1, -0.05) is 116 Å². The molecule has 0 aliphatic carbocycles. The van der Waals surface area contributed by atoms with E-state index in [-0.39, 0.29) is 93.2 Å². The predicted octanol–water partition coefficient (Wildman–Crippen LogP) is 5.27. The molecule has 14 atom stereocenters. The van der Waals surface area contributed by atoms with Gasteiger partial charge in [-0.25, -0.2) is 8.42 Å². The number of amides is 8. The molecule has 0 aromatic carbocycles. The average molecular weight is 1380 g/mol. The molecule has 25 heteroatoms. The van der Waals surface area contributed by atoms with Crippen LogP contribution in [0.5, 0.6) is 0 Å². The molecule has 2 N–H and O–H groups in total. The van der Waals surface area contributed by atoms with E-state index in [1.165, 1.54) is 80.8 Å². The van der Waals surface area contributed by atoms with E-state index in [1.54, 1.807) is 81.4 Å².